The first kappa shape index (κ1) is 12.5. The highest BCUT2D eigenvalue weighted by molar-refractivity contribution is 7.74. The first-order chi connectivity index (χ1) is 5.44. The largest absolute Gasteiger partial charge is 0.416 e. The van der Waals surface area contributed by atoms with Crippen LogP contribution in [0.15, 0.2) is 0 Å². The Labute approximate surface area is 70.5 Å². The second-order valence-corrected chi connectivity index (χ2v) is 3.73. The molecule has 0 fully saturated rings. The van der Waals surface area contributed by atoms with Crippen LogP contribution in [0.4, 0.5) is 26.3 Å². The Morgan fingerprint density at radius 2 is 1.08 bits per heavy atom. The summed E-state index contributed by atoms with van der Waals surface area (Å²) in [5.41, 5.74) is 0. The van der Waals surface area contributed by atoms with Crippen LogP contribution >= 0.6 is 0 Å². The molecule has 13 heavy (non-hydrogen) atoms. The molecule has 0 atom stereocenters. The van der Waals surface area contributed by atoms with Crippen molar-refractivity contribution in [1.29, 1.82) is 0 Å². The lowest BCUT2D eigenvalue weighted by Gasteiger charge is -2.27. The zero-order chi connectivity index (χ0) is 11.1. The van der Waals surface area contributed by atoms with Crippen molar-refractivity contribution in [2.24, 2.45) is 0 Å². The van der Waals surface area contributed by atoms with Crippen LogP contribution < -0.4 is 0 Å². The van der Waals surface area contributed by atoms with Gasteiger partial charge in [0.05, 0.1) is 0 Å². The van der Waals surface area contributed by atoms with Crippen LogP contribution in [0.1, 0.15) is 6.92 Å². The molecule has 0 unspecified atom stereocenters. The van der Waals surface area contributed by atoms with Gasteiger partial charge in [-0.1, -0.05) is 0 Å². The Balaban J connectivity index is 5.49. The van der Waals surface area contributed by atoms with E-state index in [1.807, 2.05) is 0 Å². The van der Waals surface area contributed by atoms with Crippen LogP contribution in [0.5, 0.6) is 0 Å². The number of rotatable bonds is 1. The minimum atomic E-state index is -5.86. The van der Waals surface area contributed by atoms with Gasteiger partial charge in [-0.15, -0.1) is 0 Å². The molecule has 2 nitrogen and oxygen atoms in total. The lowest BCUT2D eigenvalue weighted by atomic mass is 10.1. The fourth-order valence-corrected chi connectivity index (χ4v) is 0.782. The van der Waals surface area contributed by atoms with Crippen molar-refractivity contribution in [3.05, 3.63) is 0 Å². The van der Waals surface area contributed by atoms with E-state index in [1.165, 1.54) is 0 Å². The molecule has 9 heteroatoms. The van der Waals surface area contributed by atoms with E-state index in [9.17, 15) is 34.8 Å². The summed E-state index contributed by atoms with van der Waals surface area (Å²) in [7, 11) is -4.67. The van der Waals surface area contributed by atoms with Crippen molar-refractivity contribution in [2.45, 2.75) is 24.0 Å². The average molecular weight is 230 g/mol. The number of hydrogen-bond donors (Lipinski definition) is 1. The van der Waals surface area contributed by atoms with E-state index in [0.717, 1.165) is 0 Å². The Morgan fingerprint density at radius 3 is 1.08 bits per heavy atom. The van der Waals surface area contributed by atoms with Crippen LogP contribution in [0.2, 0.25) is 0 Å². The summed E-state index contributed by atoms with van der Waals surface area (Å²) in [6, 6.07) is 0. The lowest BCUT2D eigenvalue weighted by Crippen LogP contribution is -2.55. The molecule has 0 radical (unpaired) electrons. The normalized spacial score (nSPS) is 15.1. The van der Waals surface area contributed by atoms with E-state index in [1.54, 1.807) is 0 Å². The molecular formula is C4H4F6O2S. The molecule has 0 spiro atoms. The van der Waals surface area contributed by atoms with E-state index in [2.05, 4.69) is 0 Å². The van der Waals surface area contributed by atoms with E-state index >= 15 is 0 Å². The molecule has 0 bridgehead atoms. The molecule has 0 aromatic rings. The van der Waals surface area contributed by atoms with Gasteiger partial charge in [-0.2, -0.15) is 26.3 Å². The summed E-state index contributed by atoms with van der Waals surface area (Å²) >= 11 is 0. The van der Waals surface area contributed by atoms with Gasteiger partial charge in [0, 0.05) is 0 Å². The summed E-state index contributed by atoms with van der Waals surface area (Å²) in [5.74, 6) is 0. The summed E-state index contributed by atoms with van der Waals surface area (Å²) < 4.78 is 85.6. The van der Waals surface area contributed by atoms with Crippen molar-refractivity contribution >= 4 is 10.7 Å². The monoisotopic (exact) mass is 230 g/mol. The van der Waals surface area contributed by atoms with Crippen LogP contribution in [0.25, 0.3) is 0 Å². The van der Waals surface area contributed by atoms with Crippen LogP contribution in [0.3, 0.4) is 0 Å². The van der Waals surface area contributed by atoms with Gasteiger partial charge in [0.25, 0.3) is 4.75 Å². The summed E-state index contributed by atoms with van der Waals surface area (Å²) in [6.07, 6.45) is -11.7. The first-order valence-corrected chi connectivity index (χ1v) is 3.90. The van der Waals surface area contributed by atoms with Crippen molar-refractivity contribution < 1.29 is 34.8 Å². The van der Waals surface area contributed by atoms with Gasteiger partial charge in [0.2, 0.25) is 0 Å². The van der Waals surface area contributed by atoms with Crippen molar-refractivity contribution in [3.63, 3.8) is 0 Å². The van der Waals surface area contributed by atoms with Gasteiger partial charge in [0.1, 0.15) is 0 Å². The summed E-state index contributed by atoms with van der Waals surface area (Å²) in [4.78, 5) is 0. The predicted octanol–water partition coefficient (Wildman–Crippen LogP) is 1.48. The molecule has 0 aliphatic carbocycles. The third-order valence-corrected chi connectivity index (χ3v) is 2.71. The third kappa shape index (κ3) is 1.89. The Kier molecular flexibility index (Phi) is 2.92. The molecule has 0 aliphatic rings. The number of hydrogen-bond acceptors (Lipinski definition) is 2. The van der Waals surface area contributed by atoms with Crippen molar-refractivity contribution in [1.82, 2.24) is 0 Å². The van der Waals surface area contributed by atoms with Gasteiger partial charge in [-0.25, -0.2) is 8.42 Å². The van der Waals surface area contributed by atoms with Crippen molar-refractivity contribution in [3.8, 4) is 0 Å². The highest BCUT2D eigenvalue weighted by Gasteiger charge is 2.70. The number of thiol groups is 1. The van der Waals surface area contributed by atoms with E-state index in [4.69, 9.17) is 0 Å². The minimum Gasteiger partial charge on any atom is -0.231 e. The molecule has 0 amide bonds. The Hall–Kier alpha value is -0.470. The molecular weight excluding hydrogens is 226 g/mol. The van der Waals surface area contributed by atoms with Gasteiger partial charge in [0.15, 0.2) is 10.7 Å². The van der Waals surface area contributed by atoms with Gasteiger partial charge in [-0.05, 0) is 6.92 Å². The number of halogens is 6. The molecule has 0 rings (SSSR count). The van der Waals surface area contributed by atoms with E-state index in [0.29, 0.717) is 0 Å². The second kappa shape index (κ2) is 3.03. The van der Waals surface area contributed by atoms with E-state index < -0.39 is 34.7 Å². The molecule has 0 saturated carbocycles. The topological polar surface area (TPSA) is 34.1 Å². The highest BCUT2D eigenvalue weighted by atomic mass is 32.2. The molecule has 0 aliphatic heterocycles. The standard InChI is InChI=1S/C4H4F6O2S/c1-2(13(11)12,3(5,6)7)4(8,9)10/h13H,1H3. The lowest BCUT2D eigenvalue weighted by molar-refractivity contribution is -0.260. The van der Waals surface area contributed by atoms with Crippen LogP contribution in [-0.2, 0) is 10.7 Å². The van der Waals surface area contributed by atoms with Gasteiger partial charge < -0.3 is 0 Å². The third-order valence-electron chi connectivity index (χ3n) is 1.47. The average Bonchev–Trinajstić information content (AvgIpc) is 1.80. The SMILES string of the molecule is CC([SH](=O)=O)(C(F)(F)F)C(F)(F)F. The maximum Gasteiger partial charge on any atom is 0.416 e. The maximum absolute atomic E-state index is 11.7. The molecule has 0 saturated heterocycles. The van der Waals surface area contributed by atoms with Gasteiger partial charge >= 0.3 is 12.4 Å². The zero-order valence-electron chi connectivity index (χ0n) is 6.03. The second-order valence-electron chi connectivity index (χ2n) is 2.32. The molecule has 0 aromatic heterocycles. The quantitative estimate of drug-likeness (QED) is 0.547. The van der Waals surface area contributed by atoms with Crippen LogP contribution in [0, 0.1) is 0 Å². The van der Waals surface area contributed by atoms with Crippen molar-refractivity contribution in [2.75, 3.05) is 0 Å². The van der Waals surface area contributed by atoms with Crippen LogP contribution in [-0.4, -0.2) is 25.5 Å². The number of alkyl halides is 6. The summed E-state index contributed by atoms with van der Waals surface area (Å²) in [6.45, 7) is -0.418. The zero-order valence-corrected chi connectivity index (χ0v) is 6.93. The molecule has 0 heterocycles. The summed E-state index contributed by atoms with van der Waals surface area (Å²) in [5, 5.41) is 0. The maximum atomic E-state index is 11.7. The molecule has 0 N–H and O–H groups in total. The highest BCUT2D eigenvalue weighted by Crippen LogP contribution is 2.45. The molecule has 80 valence electrons. The minimum absolute atomic E-state index is 0.418. The Morgan fingerprint density at radius 1 is 0.846 bits per heavy atom. The predicted molar refractivity (Wildman–Crippen MR) is 30.8 cm³/mol. The smallest absolute Gasteiger partial charge is 0.231 e. The molecule has 0 aromatic carbocycles. The Bertz CT molecular complexity index is 239. The van der Waals surface area contributed by atoms with Gasteiger partial charge in [-0.3, -0.25) is 0 Å². The fourth-order valence-electron chi connectivity index (χ4n) is 0.368. The first-order valence-electron chi connectivity index (χ1n) is 2.72. The fraction of sp³-hybridized carbons (Fsp3) is 1.00. The van der Waals surface area contributed by atoms with E-state index in [-0.39, 0.29) is 0 Å².